The number of furan rings is 1. The molecule has 2 amide bonds. The van der Waals surface area contributed by atoms with Gasteiger partial charge in [0.1, 0.15) is 11.3 Å². The summed E-state index contributed by atoms with van der Waals surface area (Å²) in [6.45, 7) is 3.83. The van der Waals surface area contributed by atoms with Crippen LogP contribution in [-0.4, -0.2) is 43.1 Å². The van der Waals surface area contributed by atoms with Crippen LogP contribution in [-0.2, 0) is 9.59 Å². The summed E-state index contributed by atoms with van der Waals surface area (Å²) >= 11 is 0. The van der Waals surface area contributed by atoms with Crippen molar-refractivity contribution in [1.82, 2.24) is 10.2 Å². The van der Waals surface area contributed by atoms with Crippen LogP contribution in [0, 0.1) is 5.92 Å². The van der Waals surface area contributed by atoms with Gasteiger partial charge in [-0.05, 0) is 57.1 Å². The molecule has 2 aromatic carbocycles. The number of carbonyl (C=O) groups excluding carboxylic acids is 2. The summed E-state index contributed by atoms with van der Waals surface area (Å²) in [6, 6.07) is 14.9. The standard InChI is InChI=1S/C25H27N3O5/c1-16(22-12-18-4-2-3-5-20(18)33-22)26-24(29)14-28-10-8-17(9-11-28)25(30)27-19-6-7-21-23(13-19)32-15-31-21/h2-7,12-13,16-17H,8-11,14-15H2,1H3,(H,26,29)(H,27,30)/t16-/m1/s1. The molecule has 33 heavy (non-hydrogen) atoms. The molecule has 2 aliphatic heterocycles. The highest BCUT2D eigenvalue weighted by Crippen LogP contribution is 2.34. The largest absolute Gasteiger partial charge is 0.459 e. The van der Waals surface area contributed by atoms with Gasteiger partial charge >= 0.3 is 0 Å². The van der Waals surface area contributed by atoms with Gasteiger partial charge in [0.15, 0.2) is 11.5 Å². The number of ether oxygens (including phenoxy) is 2. The fraction of sp³-hybridized carbons (Fsp3) is 0.360. The van der Waals surface area contributed by atoms with Crippen molar-refractivity contribution < 1.29 is 23.5 Å². The Bertz CT molecular complexity index is 1130. The van der Waals surface area contributed by atoms with Crippen molar-refractivity contribution in [3.8, 4) is 11.5 Å². The van der Waals surface area contributed by atoms with E-state index in [4.69, 9.17) is 13.9 Å². The smallest absolute Gasteiger partial charge is 0.234 e. The Morgan fingerprint density at radius 1 is 1.06 bits per heavy atom. The number of likely N-dealkylation sites (tertiary alicyclic amines) is 1. The van der Waals surface area contributed by atoms with Crippen LogP contribution in [0.25, 0.3) is 11.0 Å². The highest BCUT2D eigenvalue weighted by molar-refractivity contribution is 5.93. The van der Waals surface area contributed by atoms with E-state index >= 15 is 0 Å². The Morgan fingerprint density at radius 3 is 2.67 bits per heavy atom. The zero-order valence-corrected chi connectivity index (χ0v) is 18.5. The van der Waals surface area contributed by atoms with Gasteiger partial charge in [-0.25, -0.2) is 0 Å². The molecular formula is C25H27N3O5. The van der Waals surface area contributed by atoms with Crippen molar-refractivity contribution in [2.75, 3.05) is 31.7 Å². The van der Waals surface area contributed by atoms with Gasteiger partial charge < -0.3 is 24.5 Å². The van der Waals surface area contributed by atoms with Gasteiger partial charge in [0, 0.05) is 23.1 Å². The van der Waals surface area contributed by atoms with Crippen LogP contribution in [0.1, 0.15) is 31.6 Å². The number of rotatable bonds is 6. The number of hydrogen-bond donors (Lipinski definition) is 2. The Morgan fingerprint density at radius 2 is 1.85 bits per heavy atom. The summed E-state index contributed by atoms with van der Waals surface area (Å²) in [4.78, 5) is 27.3. The van der Waals surface area contributed by atoms with Gasteiger partial charge in [0.25, 0.3) is 0 Å². The highest BCUT2D eigenvalue weighted by atomic mass is 16.7. The lowest BCUT2D eigenvalue weighted by Crippen LogP contribution is -2.43. The molecule has 2 aliphatic rings. The minimum atomic E-state index is -0.213. The molecule has 1 aromatic heterocycles. The number of fused-ring (bicyclic) bond motifs is 2. The second-order valence-electron chi connectivity index (χ2n) is 8.58. The molecule has 1 fully saturated rings. The second kappa shape index (κ2) is 9.15. The predicted molar refractivity (Wildman–Crippen MR) is 123 cm³/mol. The van der Waals surface area contributed by atoms with Crippen molar-refractivity contribution in [3.05, 3.63) is 54.3 Å². The summed E-state index contributed by atoms with van der Waals surface area (Å²) in [7, 11) is 0. The molecule has 0 spiro atoms. The minimum Gasteiger partial charge on any atom is -0.459 e. The molecule has 8 nitrogen and oxygen atoms in total. The maximum absolute atomic E-state index is 12.7. The van der Waals surface area contributed by atoms with Gasteiger partial charge in [-0.15, -0.1) is 0 Å². The Hall–Kier alpha value is -3.52. The van der Waals surface area contributed by atoms with E-state index in [9.17, 15) is 9.59 Å². The van der Waals surface area contributed by atoms with Crippen LogP contribution in [0.2, 0.25) is 0 Å². The van der Waals surface area contributed by atoms with E-state index in [1.165, 1.54) is 0 Å². The molecule has 3 heterocycles. The lowest BCUT2D eigenvalue weighted by Gasteiger charge is -2.31. The second-order valence-corrected chi connectivity index (χ2v) is 8.58. The van der Waals surface area contributed by atoms with Crippen molar-refractivity contribution in [2.45, 2.75) is 25.8 Å². The molecule has 0 unspecified atom stereocenters. The van der Waals surface area contributed by atoms with Crippen molar-refractivity contribution in [2.24, 2.45) is 5.92 Å². The van der Waals surface area contributed by atoms with Crippen molar-refractivity contribution >= 4 is 28.5 Å². The van der Waals surface area contributed by atoms with E-state index in [1.54, 1.807) is 12.1 Å². The lowest BCUT2D eigenvalue weighted by atomic mass is 9.95. The molecule has 0 bridgehead atoms. The maximum atomic E-state index is 12.7. The van der Waals surface area contributed by atoms with E-state index in [2.05, 4.69) is 15.5 Å². The van der Waals surface area contributed by atoms with Gasteiger partial charge in [-0.3, -0.25) is 14.5 Å². The molecule has 1 saturated heterocycles. The average molecular weight is 450 g/mol. The number of hydrogen-bond acceptors (Lipinski definition) is 6. The van der Waals surface area contributed by atoms with Gasteiger partial charge in [0.2, 0.25) is 18.6 Å². The number of benzene rings is 2. The third kappa shape index (κ3) is 4.80. The Balaban J connectivity index is 1.08. The Labute approximate surface area is 191 Å². The van der Waals surface area contributed by atoms with E-state index < -0.39 is 0 Å². The number of nitrogens with zero attached hydrogens (tertiary/aromatic N) is 1. The monoisotopic (exact) mass is 449 g/mol. The number of anilines is 1. The number of amides is 2. The number of piperidine rings is 1. The number of carbonyl (C=O) groups is 2. The molecule has 5 rings (SSSR count). The third-order valence-electron chi connectivity index (χ3n) is 6.21. The maximum Gasteiger partial charge on any atom is 0.234 e. The third-order valence-corrected chi connectivity index (χ3v) is 6.21. The molecule has 0 radical (unpaired) electrons. The van der Waals surface area contributed by atoms with Crippen LogP contribution in [0.4, 0.5) is 5.69 Å². The summed E-state index contributed by atoms with van der Waals surface area (Å²) in [5.74, 6) is 1.94. The molecule has 3 aromatic rings. The van der Waals surface area contributed by atoms with Crippen LogP contribution in [0.15, 0.2) is 52.9 Å². The molecular weight excluding hydrogens is 422 g/mol. The van der Waals surface area contributed by atoms with Crippen LogP contribution in [0.3, 0.4) is 0 Å². The minimum absolute atomic E-state index is 0.00326. The summed E-state index contributed by atoms with van der Waals surface area (Å²) in [6.07, 6.45) is 1.42. The predicted octanol–water partition coefficient (Wildman–Crippen LogP) is 3.69. The van der Waals surface area contributed by atoms with Crippen LogP contribution < -0.4 is 20.1 Å². The molecule has 2 N–H and O–H groups in total. The van der Waals surface area contributed by atoms with E-state index in [0.29, 0.717) is 49.7 Å². The zero-order chi connectivity index (χ0) is 22.8. The topological polar surface area (TPSA) is 93.0 Å². The van der Waals surface area contributed by atoms with Crippen LogP contribution >= 0.6 is 0 Å². The fourth-order valence-corrected chi connectivity index (χ4v) is 4.35. The molecule has 8 heteroatoms. The molecule has 0 saturated carbocycles. The summed E-state index contributed by atoms with van der Waals surface area (Å²) < 4.78 is 16.5. The quantitative estimate of drug-likeness (QED) is 0.596. The first-order valence-corrected chi connectivity index (χ1v) is 11.3. The average Bonchev–Trinajstić information content (AvgIpc) is 3.46. The summed E-state index contributed by atoms with van der Waals surface area (Å²) in [5, 5.41) is 7.01. The normalized spacial score (nSPS) is 17.1. The molecule has 172 valence electrons. The van der Waals surface area contributed by atoms with Gasteiger partial charge in [-0.1, -0.05) is 18.2 Å². The number of para-hydroxylation sites is 1. The first kappa shape index (κ1) is 21.3. The van der Waals surface area contributed by atoms with Crippen molar-refractivity contribution in [3.63, 3.8) is 0 Å². The first-order valence-electron chi connectivity index (χ1n) is 11.3. The van der Waals surface area contributed by atoms with Gasteiger partial charge in [0.05, 0.1) is 12.6 Å². The van der Waals surface area contributed by atoms with E-state index in [1.807, 2.05) is 43.3 Å². The zero-order valence-electron chi connectivity index (χ0n) is 18.5. The Kier molecular flexibility index (Phi) is 5.92. The van der Waals surface area contributed by atoms with Crippen LogP contribution in [0.5, 0.6) is 11.5 Å². The summed E-state index contributed by atoms with van der Waals surface area (Å²) in [5.41, 5.74) is 1.51. The fourth-order valence-electron chi connectivity index (χ4n) is 4.35. The van der Waals surface area contributed by atoms with E-state index in [-0.39, 0.29) is 30.6 Å². The van der Waals surface area contributed by atoms with Crippen molar-refractivity contribution in [1.29, 1.82) is 0 Å². The molecule has 1 atom stereocenters. The SMILES string of the molecule is C[C@@H](NC(=O)CN1CCC(C(=O)Nc2ccc3c(c2)OCO3)CC1)c1cc2ccccc2o1. The van der Waals surface area contributed by atoms with E-state index in [0.717, 1.165) is 16.7 Å². The highest BCUT2D eigenvalue weighted by Gasteiger charge is 2.27. The molecule has 0 aliphatic carbocycles. The lowest BCUT2D eigenvalue weighted by molar-refractivity contribution is -0.124. The first-order chi connectivity index (χ1) is 16.0. The van der Waals surface area contributed by atoms with Gasteiger partial charge in [-0.2, -0.15) is 0 Å². The number of nitrogens with one attached hydrogen (secondary N) is 2.